The number of ether oxygens (including phenoxy) is 1. The molecular formula is C13H10ClFN2O5S. The number of nitrogens with one attached hydrogen (secondary N) is 1. The van der Waals surface area contributed by atoms with Gasteiger partial charge in [0.15, 0.2) is 11.6 Å². The van der Waals surface area contributed by atoms with Crippen molar-refractivity contribution in [3.05, 3.63) is 57.4 Å². The minimum atomic E-state index is -4.13. The van der Waals surface area contributed by atoms with Gasteiger partial charge in [0.2, 0.25) is 0 Å². The maximum atomic E-state index is 13.4. The first-order valence-electron chi connectivity index (χ1n) is 6.05. The molecule has 0 spiro atoms. The maximum absolute atomic E-state index is 13.4. The van der Waals surface area contributed by atoms with Crippen LogP contribution in [0.2, 0.25) is 5.02 Å². The minimum Gasteiger partial charge on any atom is -0.494 e. The molecule has 1 N–H and O–H groups in total. The van der Waals surface area contributed by atoms with Crippen molar-refractivity contribution in [2.75, 3.05) is 11.8 Å². The van der Waals surface area contributed by atoms with Crippen LogP contribution in [0.15, 0.2) is 41.3 Å². The van der Waals surface area contributed by atoms with Crippen molar-refractivity contribution < 1.29 is 22.5 Å². The first-order chi connectivity index (χ1) is 10.7. The van der Waals surface area contributed by atoms with Gasteiger partial charge in [0.25, 0.3) is 15.7 Å². The number of nitrogens with zero attached hydrogens (tertiary/aromatic N) is 1. The number of nitro benzene ring substituents is 1. The molecule has 0 radical (unpaired) electrons. The van der Waals surface area contributed by atoms with E-state index in [-0.39, 0.29) is 27.0 Å². The van der Waals surface area contributed by atoms with Crippen LogP contribution in [0.1, 0.15) is 0 Å². The molecule has 0 aliphatic heterocycles. The van der Waals surface area contributed by atoms with E-state index < -0.39 is 20.8 Å². The van der Waals surface area contributed by atoms with Crippen LogP contribution < -0.4 is 9.46 Å². The van der Waals surface area contributed by atoms with E-state index in [9.17, 15) is 22.9 Å². The highest BCUT2D eigenvalue weighted by Crippen LogP contribution is 2.29. The quantitative estimate of drug-likeness (QED) is 0.652. The van der Waals surface area contributed by atoms with E-state index in [1.807, 2.05) is 0 Å². The van der Waals surface area contributed by atoms with E-state index in [1.165, 1.54) is 13.2 Å². The van der Waals surface area contributed by atoms with E-state index in [2.05, 4.69) is 4.72 Å². The Morgan fingerprint density at radius 3 is 2.57 bits per heavy atom. The second kappa shape index (κ2) is 6.39. The van der Waals surface area contributed by atoms with E-state index in [1.54, 1.807) is 0 Å². The van der Waals surface area contributed by atoms with Gasteiger partial charge in [-0.05, 0) is 18.2 Å². The molecule has 0 bridgehead atoms. The van der Waals surface area contributed by atoms with Crippen molar-refractivity contribution in [1.29, 1.82) is 0 Å². The molecule has 0 unspecified atom stereocenters. The Hall–Kier alpha value is -2.39. The van der Waals surface area contributed by atoms with Crippen LogP contribution in [0.25, 0.3) is 0 Å². The summed E-state index contributed by atoms with van der Waals surface area (Å²) >= 11 is 5.84. The molecule has 0 saturated carbocycles. The van der Waals surface area contributed by atoms with Crippen molar-refractivity contribution in [2.24, 2.45) is 0 Å². The normalized spacial score (nSPS) is 11.1. The van der Waals surface area contributed by atoms with Crippen LogP contribution in [-0.4, -0.2) is 20.5 Å². The lowest BCUT2D eigenvalue weighted by Gasteiger charge is -2.11. The molecule has 23 heavy (non-hydrogen) atoms. The van der Waals surface area contributed by atoms with Gasteiger partial charge in [0.1, 0.15) is 0 Å². The topological polar surface area (TPSA) is 98.5 Å². The molecule has 0 heterocycles. The van der Waals surface area contributed by atoms with Crippen molar-refractivity contribution in [2.45, 2.75) is 4.90 Å². The van der Waals surface area contributed by atoms with Gasteiger partial charge < -0.3 is 4.74 Å². The van der Waals surface area contributed by atoms with E-state index >= 15 is 0 Å². The molecule has 0 fully saturated rings. The summed E-state index contributed by atoms with van der Waals surface area (Å²) in [5.74, 6) is -0.974. The highest BCUT2D eigenvalue weighted by molar-refractivity contribution is 7.92. The fraction of sp³-hybridized carbons (Fsp3) is 0.0769. The Morgan fingerprint density at radius 2 is 1.96 bits per heavy atom. The average Bonchev–Trinajstić information content (AvgIpc) is 2.49. The van der Waals surface area contributed by atoms with E-state index in [4.69, 9.17) is 16.3 Å². The molecule has 0 aliphatic carbocycles. The lowest BCUT2D eigenvalue weighted by atomic mass is 10.3. The SMILES string of the molecule is COc1cc(S(=O)(=O)Nc2cc([N+](=O)[O-])ccc2Cl)ccc1F. The predicted molar refractivity (Wildman–Crippen MR) is 81.9 cm³/mol. The number of nitro groups is 1. The molecule has 10 heteroatoms. The van der Waals surface area contributed by atoms with Gasteiger partial charge in [-0.3, -0.25) is 14.8 Å². The molecule has 2 rings (SSSR count). The molecule has 0 aromatic heterocycles. The Bertz CT molecular complexity index is 873. The van der Waals surface area contributed by atoms with Crippen LogP contribution in [-0.2, 0) is 10.0 Å². The smallest absolute Gasteiger partial charge is 0.271 e. The standard InChI is InChI=1S/C13H10ClFN2O5S/c1-22-13-7-9(3-5-11(13)15)23(20,21)16-12-6-8(17(18)19)2-4-10(12)14/h2-7,16H,1H3. The Kier molecular flexibility index (Phi) is 4.71. The summed E-state index contributed by atoms with van der Waals surface area (Å²) in [7, 11) is -2.94. The number of sulfonamides is 1. The fourth-order valence-electron chi connectivity index (χ4n) is 1.72. The lowest BCUT2D eigenvalue weighted by Crippen LogP contribution is -2.13. The third-order valence-corrected chi connectivity index (χ3v) is 4.53. The number of methoxy groups -OCH3 is 1. The van der Waals surface area contributed by atoms with Crippen LogP contribution in [0.3, 0.4) is 0 Å². The second-order valence-corrected chi connectivity index (χ2v) is 6.41. The fourth-order valence-corrected chi connectivity index (χ4v) is 3.02. The van der Waals surface area contributed by atoms with Crippen LogP contribution in [0.4, 0.5) is 15.8 Å². The number of non-ortho nitro benzene ring substituents is 1. The number of halogens is 2. The Morgan fingerprint density at radius 1 is 1.26 bits per heavy atom. The van der Waals surface area contributed by atoms with Crippen LogP contribution in [0.5, 0.6) is 5.75 Å². The molecule has 0 saturated heterocycles. The molecule has 2 aromatic carbocycles. The van der Waals surface area contributed by atoms with Gasteiger partial charge in [-0.25, -0.2) is 12.8 Å². The van der Waals surface area contributed by atoms with E-state index in [0.717, 1.165) is 30.3 Å². The van der Waals surface area contributed by atoms with Gasteiger partial charge in [-0.15, -0.1) is 0 Å². The lowest BCUT2D eigenvalue weighted by molar-refractivity contribution is -0.384. The summed E-state index contributed by atoms with van der Waals surface area (Å²) in [5, 5.41) is 10.7. The highest BCUT2D eigenvalue weighted by atomic mass is 35.5. The molecule has 122 valence electrons. The molecule has 7 nitrogen and oxygen atoms in total. The Balaban J connectivity index is 2.42. The van der Waals surface area contributed by atoms with Gasteiger partial charge in [0.05, 0.1) is 27.6 Å². The zero-order chi connectivity index (χ0) is 17.2. The average molecular weight is 361 g/mol. The second-order valence-electron chi connectivity index (χ2n) is 4.32. The summed E-state index contributed by atoms with van der Waals surface area (Å²) in [4.78, 5) is 9.78. The number of hydrogen-bond donors (Lipinski definition) is 1. The molecule has 0 amide bonds. The first kappa shape index (κ1) is 17.0. The third kappa shape index (κ3) is 3.69. The Labute approximate surface area is 135 Å². The maximum Gasteiger partial charge on any atom is 0.271 e. The zero-order valence-corrected chi connectivity index (χ0v) is 13.2. The summed E-state index contributed by atoms with van der Waals surface area (Å²) < 4.78 is 44.8. The van der Waals surface area contributed by atoms with Gasteiger partial charge >= 0.3 is 0 Å². The third-order valence-electron chi connectivity index (χ3n) is 2.84. The van der Waals surface area contributed by atoms with Crippen molar-refractivity contribution >= 4 is 33.0 Å². The monoisotopic (exact) mass is 360 g/mol. The van der Waals surface area contributed by atoms with Gasteiger partial charge in [-0.2, -0.15) is 0 Å². The van der Waals surface area contributed by atoms with E-state index in [0.29, 0.717) is 0 Å². The summed E-state index contributed by atoms with van der Waals surface area (Å²) in [5.41, 5.74) is -0.493. The van der Waals surface area contributed by atoms with Crippen molar-refractivity contribution in [3.8, 4) is 5.75 Å². The summed E-state index contributed by atoms with van der Waals surface area (Å²) in [6.45, 7) is 0. The molecule has 2 aromatic rings. The van der Waals surface area contributed by atoms with Crippen LogP contribution in [0, 0.1) is 15.9 Å². The predicted octanol–water partition coefficient (Wildman–Crippen LogP) is 3.20. The highest BCUT2D eigenvalue weighted by Gasteiger charge is 2.20. The van der Waals surface area contributed by atoms with Crippen molar-refractivity contribution in [3.63, 3.8) is 0 Å². The number of benzene rings is 2. The van der Waals surface area contributed by atoms with Gasteiger partial charge in [-0.1, -0.05) is 11.6 Å². The number of rotatable bonds is 5. The molecular weight excluding hydrogens is 351 g/mol. The largest absolute Gasteiger partial charge is 0.494 e. The van der Waals surface area contributed by atoms with Crippen LogP contribution >= 0.6 is 11.6 Å². The first-order valence-corrected chi connectivity index (χ1v) is 7.91. The number of hydrogen-bond acceptors (Lipinski definition) is 5. The minimum absolute atomic E-state index is 0.0201. The summed E-state index contributed by atoms with van der Waals surface area (Å²) in [6.07, 6.45) is 0. The zero-order valence-electron chi connectivity index (χ0n) is 11.6. The summed E-state index contributed by atoms with van der Waals surface area (Å²) in [6, 6.07) is 6.28. The van der Waals surface area contributed by atoms with Gasteiger partial charge in [0, 0.05) is 18.2 Å². The number of anilines is 1. The van der Waals surface area contributed by atoms with Crippen molar-refractivity contribution in [1.82, 2.24) is 0 Å². The molecule has 0 aliphatic rings. The molecule has 0 atom stereocenters.